The molecule has 0 aliphatic carbocycles. The summed E-state index contributed by atoms with van der Waals surface area (Å²) in [6.07, 6.45) is 0. The van der Waals surface area contributed by atoms with E-state index in [2.05, 4.69) is 4.98 Å². The van der Waals surface area contributed by atoms with Crippen LogP contribution in [0.2, 0.25) is 0 Å². The fourth-order valence-electron chi connectivity index (χ4n) is 1.49. The number of carboxylic acids is 1. The van der Waals surface area contributed by atoms with E-state index < -0.39 is 11.5 Å². The lowest BCUT2D eigenvalue weighted by Crippen LogP contribution is -2.49. The minimum atomic E-state index is -0.842. The van der Waals surface area contributed by atoms with Gasteiger partial charge in [-0.1, -0.05) is 6.92 Å². The maximum absolute atomic E-state index is 11.2. The number of aliphatic carboxylic acids is 1. The van der Waals surface area contributed by atoms with Gasteiger partial charge < -0.3 is 5.11 Å². The fraction of sp³-hybridized carbons (Fsp3) is 0.636. The lowest BCUT2D eigenvalue weighted by Gasteiger charge is -2.33. The Balaban J connectivity index is 2.85. The van der Waals surface area contributed by atoms with Gasteiger partial charge in [0.25, 0.3) is 0 Å². The lowest BCUT2D eigenvalue weighted by atomic mass is 10.0. The minimum absolute atomic E-state index is 0.645. The largest absolute Gasteiger partial charge is 0.480 e. The summed E-state index contributed by atoms with van der Waals surface area (Å²) in [7, 11) is 0. The third kappa shape index (κ3) is 2.59. The highest BCUT2D eigenvalue weighted by Gasteiger charge is 2.33. The molecule has 16 heavy (non-hydrogen) atoms. The predicted molar refractivity (Wildman–Crippen MR) is 64.6 cm³/mol. The summed E-state index contributed by atoms with van der Waals surface area (Å²) in [5.41, 5.74) is 1.95. The number of likely N-dealkylation sites (N-methyl/N-ethyl adjacent to an activating group) is 1. The van der Waals surface area contributed by atoms with Gasteiger partial charge >= 0.3 is 5.97 Å². The van der Waals surface area contributed by atoms with Crippen LogP contribution in [-0.4, -0.2) is 33.0 Å². The van der Waals surface area contributed by atoms with Gasteiger partial charge in [-0.3, -0.25) is 9.69 Å². The van der Waals surface area contributed by atoms with E-state index in [4.69, 9.17) is 0 Å². The Morgan fingerprint density at radius 3 is 2.62 bits per heavy atom. The van der Waals surface area contributed by atoms with Crippen molar-refractivity contribution >= 4 is 17.3 Å². The van der Waals surface area contributed by atoms with Gasteiger partial charge in [0.2, 0.25) is 0 Å². The first kappa shape index (κ1) is 13.1. The molecule has 0 spiro atoms. The van der Waals surface area contributed by atoms with Crippen molar-refractivity contribution in [2.45, 2.75) is 39.8 Å². The van der Waals surface area contributed by atoms with Crippen molar-refractivity contribution in [2.24, 2.45) is 0 Å². The Hall–Kier alpha value is -0.940. The van der Waals surface area contributed by atoms with Gasteiger partial charge in [0, 0.05) is 11.4 Å². The molecule has 90 valence electrons. The van der Waals surface area contributed by atoms with E-state index in [1.165, 1.54) is 0 Å². The highest BCUT2D eigenvalue weighted by Crippen LogP contribution is 2.21. The van der Waals surface area contributed by atoms with E-state index >= 15 is 0 Å². The van der Waals surface area contributed by atoms with Crippen molar-refractivity contribution in [1.82, 2.24) is 9.88 Å². The Kier molecular flexibility index (Phi) is 4.04. The first-order valence-electron chi connectivity index (χ1n) is 5.27. The standard InChI is InChI=1S/C11H18N2O2S/c1-5-13(11(3,4)10(14)15)6-9-8(2)12-7-16-9/h7H,5-6H2,1-4H3,(H,14,15). The lowest BCUT2D eigenvalue weighted by molar-refractivity contribution is -0.149. The van der Waals surface area contributed by atoms with E-state index in [0.717, 1.165) is 10.6 Å². The van der Waals surface area contributed by atoms with Crippen LogP contribution in [0.1, 0.15) is 31.3 Å². The molecule has 0 aromatic carbocycles. The second-order valence-corrected chi connectivity index (χ2v) is 5.18. The molecule has 0 saturated carbocycles. The minimum Gasteiger partial charge on any atom is -0.480 e. The maximum Gasteiger partial charge on any atom is 0.323 e. The van der Waals surface area contributed by atoms with Crippen LogP contribution in [-0.2, 0) is 11.3 Å². The summed E-state index contributed by atoms with van der Waals surface area (Å²) in [4.78, 5) is 18.4. The van der Waals surface area contributed by atoms with Crippen molar-refractivity contribution in [3.05, 3.63) is 16.1 Å². The molecule has 0 amide bonds. The number of aryl methyl sites for hydroxylation is 1. The van der Waals surface area contributed by atoms with Gasteiger partial charge in [-0.2, -0.15) is 0 Å². The fourth-order valence-corrected chi connectivity index (χ4v) is 2.28. The van der Waals surface area contributed by atoms with E-state index in [1.54, 1.807) is 30.7 Å². The molecule has 1 rings (SSSR count). The molecule has 0 atom stereocenters. The molecule has 0 radical (unpaired) electrons. The summed E-state index contributed by atoms with van der Waals surface area (Å²) in [5, 5.41) is 9.19. The monoisotopic (exact) mass is 242 g/mol. The number of hydrogen-bond acceptors (Lipinski definition) is 4. The van der Waals surface area contributed by atoms with Crippen molar-refractivity contribution < 1.29 is 9.90 Å². The smallest absolute Gasteiger partial charge is 0.323 e. The summed E-state index contributed by atoms with van der Waals surface area (Å²) in [6, 6.07) is 0. The average Bonchev–Trinajstić information content (AvgIpc) is 2.60. The van der Waals surface area contributed by atoms with Crippen LogP contribution < -0.4 is 0 Å². The average molecular weight is 242 g/mol. The number of carboxylic acid groups (broad SMARTS) is 1. The van der Waals surface area contributed by atoms with Crippen LogP contribution in [0.25, 0.3) is 0 Å². The summed E-state index contributed by atoms with van der Waals surface area (Å²) < 4.78 is 0. The van der Waals surface area contributed by atoms with Crippen LogP contribution in [0, 0.1) is 6.92 Å². The number of hydrogen-bond donors (Lipinski definition) is 1. The summed E-state index contributed by atoms with van der Waals surface area (Å²) >= 11 is 1.58. The zero-order chi connectivity index (χ0) is 12.3. The second kappa shape index (κ2) is 4.93. The van der Waals surface area contributed by atoms with E-state index in [0.29, 0.717) is 13.1 Å². The number of carbonyl (C=O) groups is 1. The van der Waals surface area contributed by atoms with Crippen LogP contribution in [0.3, 0.4) is 0 Å². The number of aromatic nitrogens is 1. The molecule has 1 aromatic rings. The van der Waals surface area contributed by atoms with Crippen LogP contribution in [0.15, 0.2) is 5.51 Å². The van der Waals surface area contributed by atoms with Crippen LogP contribution >= 0.6 is 11.3 Å². The molecule has 0 unspecified atom stereocenters. The molecular weight excluding hydrogens is 224 g/mol. The Morgan fingerprint density at radius 2 is 2.25 bits per heavy atom. The van der Waals surface area contributed by atoms with Gasteiger partial charge in [-0.25, -0.2) is 4.98 Å². The zero-order valence-electron chi connectivity index (χ0n) is 10.1. The van der Waals surface area contributed by atoms with Gasteiger partial charge in [-0.05, 0) is 27.3 Å². The number of nitrogens with zero attached hydrogens (tertiary/aromatic N) is 2. The molecule has 0 aliphatic rings. The Labute approximate surface area is 99.9 Å². The molecule has 0 bridgehead atoms. The van der Waals surface area contributed by atoms with Crippen molar-refractivity contribution in [3.8, 4) is 0 Å². The topological polar surface area (TPSA) is 53.4 Å². The van der Waals surface area contributed by atoms with Crippen LogP contribution in [0.5, 0.6) is 0 Å². The second-order valence-electron chi connectivity index (χ2n) is 4.24. The predicted octanol–water partition coefficient (Wildman–Crippen LogP) is 2.14. The third-order valence-corrected chi connectivity index (χ3v) is 3.79. The van der Waals surface area contributed by atoms with Gasteiger partial charge in [-0.15, -0.1) is 11.3 Å². The number of thiazole rings is 1. The number of rotatable bonds is 5. The van der Waals surface area contributed by atoms with Gasteiger partial charge in [0.05, 0.1) is 11.2 Å². The summed E-state index contributed by atoms with van der Waals surface area (Å²) in [6.45, 7) is 8.74. The molecule has 5 heteroatoms. The SMILES string of the molecule is CCN(Cc1scnc1C)C(C)(C)C(=O)O. The highest BCUT2D eigenvalue weighted by atomic mass is 32.1. The van der Waals surface area contributed by atoms with Crippen molar-refractivity contribution in [1.29, 1.82) is 0 Å². The molecule has 0 saturated heterocycles. The molecule has 1 aromatic heterocycles. The molecular formula is C11H18N2O2S. The zero-order valence-corrected chi connectivity index (χ0v) is 11.0. The first-order valence-corrected chi connectivity index (χ1v) is 6.15. The molecule has 0 fully saturated rings. The van der Waals surface area contributed by atoms with E-state index in [1.807, 2.05) is 18.7 Å². The maximum atomic E-state index is 11.2. The van der Waals surface area contributed by atoms with Crippen molar-refractivity contribution in [3.63, 3.8) is 0 Å². The first-order chi connectivity index (χ1) is 7.39. The third-order valence-electron chi connectivity index (χ3n) is 2.87. The molecule has 0 aliphatic heterocycles. The quantitative estimate of drug-likeness (QED) is 0.859. The van der Waals surface area contributed by atoms with Gasteiger partial charge in [0.15, 0.2) is 0 Å². The normalized spacial score (nSPS) is 12.1. The summed E-state index contributed by atoms with van der Waals surface area (Å²) in [5.74, 6) is -0.795. The van der Waals surface area contributed by atoms with Crippen molar-refractivity contribution in [2.75, 3.05) is 6.54 Å². The molecule has 4 nitrogen and oxygen atoms in total. The molecule has 1 heterocycles. The van der Waals surface area contributed by atoms with E-state index in [-0.39, 0.29) is 0 Å². The Morgan fingerprint density at radius 1 is 1.62 bits per heavy atom. The van der Waals surface area contributed by atoms with Gasteiger partial charge in [0.1, 0.15) is 5.54 Å². The van der Waals surface area contributed by atoms with E-state index in [9.17, 15) is 9.90 Å². The molecule has 1 N–H and O–H groups in total. The Bertz CT molecular complexity index is 374. The highest BCUT2D eigenvalue weighted by molar-refractivity contribution is 7.09. The van der Waals surface area contributed by atoms with Crippen LogP contribution in [0.4, 0.5) is 0 Å².